The Kier molecular flexibility index (Phi) is 9.49. The smallest absolute Gasteiger partial charge is 0.242 e. The average Bonchev–Trinajstić information content (AvgIpc) is 3.06. The van der Waals surface area contributed by atoms with E-state index in [0.717, 1.165) is 36.9 Å². The molecule has 1 aromatic heterocycles. The SMILES string of the molecule is CCCCCC(=O)c1ccccc1N(C(=O)CC(N)=O)c1nc(CNS(C)(=O)=O)c(Br)s1. The van der Waals surface area contributed by atoms with Crippen molar-refractivity contribution in [2.75, 3.05) is 11.2 Å². The Balaban J connectivity index is 2.49. The fourth-order valence-electron chi connectivity index (χ4n) is 2.87. The fourth-order valence-corrected chi connectivity index (χ4v) is 4.78. The van der Waals surface area contributed by atoms with Gasteiger partial charge in [-0.25, -0.2) is 18.1 Å². The van der Waals surface area contributed by atoms with Crippen LogP contribution >= 0.6 is 27.3 Å². The molecule has 0 radical (unpaired) electrons. The lowest BCUT2D eigenvalue weighted by Gasteiger charge is -2.22. The summed E-state index contributed by atoms with van der Waals surface area (Å²) in [4.78, 5) is 42.9. The molecule has 0 fully saturated rings. The Bertz CT molecular complexity index is 1100. The first-order chi connectivity index (χ1) is 15.0. The van der Waals surface area contributed by atoms with E-state index in [1.54, 1.807) is 24.3 Å². The third-order valence-corrected chi connectivity index (χ3v) is 6.84. The number of aromatic nitrogens is 1. The van der Waals surface area contributed by atoms with Crippen molar-refractivity contribution < 1.29 is 22.8 Å². The van der Waals surface area contributed by atoms with Gasteiger partial charge in [0.1, 0.15) is 6.42 Å². The van der Waals surface area contributed by atoms with E-state index in [-0.39, 0.29) is 17.5 Å². The molecule has 2 amide bonds. The number of Topliss-reactive ketones (excluding diaryl/α,β-unsaturated/α-hetero) is 1. The van der Waals surface area contributed by atoms with Gasteiger partial charge in [-0.15, -0.1) is 0 Å². The van der Waals surface area contributed by atoms with Crippen LogP contribution in [-0.4, -0.2) is 37.3 Å². The summed E-state index contributed by atoms with van der Waals surface area (Å²) in [5.41, 5.74) is 6.23. The molecule has 12 heteroatoms. The predicted molar refractivity (Wildman–Crippen MR) is 127 cm³/mol. The third kappa shape index (κ3) is 7.47. The van der Waals surface area contributed by atoms with E-state index in [1.807, 2.05) is 6.92 Å². The zero-order valence-electron chi connectivity index (χ0n) is 17.8. The number of nitrogens with one attached hydrogen (secondary N) is 1. The molecule has 2 rings (SSSR count). The molecule has 0 aliphatic rings. The third-order valence-electron chi connectivity index (χ3n) is 4.36. The van der Waals surface area contributed by atoms with E-state index >= 15 is 0 Å². The fraction of sp³-hybridized carbons (Fsp3) is 0.400. The maximum absolute atomic E-state index is 13.0. The first-order valence-corrected chi connectivity index (χ1v) is 13.4. The van der Waals surface area contributed by atoms with Gasteiger partial charge in [0.2, 0.25) is 21.8 Å². The number of amides is 2. The largest absolute Gasteiger partial charge is 0.369 e. The number of rotatable bonds is 12. The van der Waals surface area contributed by atoms with Crippen LogP contribution in [0.25, 0.3) is 0 Å². The summed E-state index contributed by atoms with van der Waals surface area (Å²) in [6, 6.07) is 6.61. The van der Waals surface area contributed by atoms with E-state index in [2.05, 4.69) is 25.6 Å². The average molecular weight is 545 g/mol. The van der Waals surface area contributed by atoms with Crippen LogP contribution in [0.5, 0.6) is 0 Å². The Morgan fingerprint density at radius 3 is 2.53 bits per heavy atom. The van der Waals surface area contributed by atoms with Gasteiger partial charge in [0.25, 0.3) is 0 Å². The molecule has 0 spiro atoms. The van der Waals surface area contributed by atoms with Crippen LogP contribution < -0.4 is 15.4 Å². The minimum Gasteiger partial charge on any atom is -0.369 e. The van der Waals surface area contributed by atoms with Crippen molar-refractivity contribution in [2.45, 2.75) is 45.6 Å². The number of nitrogens with two attached hydrogens (primary N) is 1. The monoisotopic (exact) mass is 544 g/mol. The van der Waals surface area contributed by atoms with E-state index in [0.29, 0.717) is 27.2 Å². The van der Waals surface area contributed by atoms with E-state index in [9.17, 15) is 22.8 Å². The maximum Gasteiger partial charge on any atom is 0.242 e. The van der Waals surface area contributed by atoms with E-state index in [4.69, 9.17) is 5.73 Å². The second-order valence-electron chi connectivity index (χ2n) is 7.08. The van der Waals surface area contributed by atoms with Gasteiger partial charge in [-0.05, 0) is 34.5 Å². The molecule has 0 saturated carbocycles. The highest BCUT2D eigenvalue weighted by Crippen LogP contribution is 2.37. The van der Waals surface area contributed by atoms with Crippen molar-refractivity contribution >= 4 is 65.7 Å². The molecule has 174 valence electrons. The molecule has 32 heavy (non-hydrogen) atoms. The van der Waals surface area contributed by atoms with Crippen molar-refractivity contribution in [2.24, 2.45) is 5.73 Å². The quantitative estimate of drug-likeness (QED) is 0.238. The summed E-state index contributed by atoms with van der Waals surface area (Å²) in [6.07, 6.45) is 3.38. The molecule has 9 nitrogen and oxygen atoms in total. The predicted octanol–water partition coefficient (Wildman–Crippen LogP) is 3.26. The summed E-state index contributed by atoms with van der Waals surface area (Å²) in [7, 11) is -3.46. The summed E-state index contributed by atoms with van der Waals surface area (Å²) in [5.74, 6) is -1.59. The molecular weight excluding hydrogens is 520 g/mol. The molecule has 0 bridgehead atoms. The van der Waals surface area contributed by atoms with Crippen LogP contribution in [0.4, 0.5) is 10.8 Å². The van der Waals surface area contributed by atoms with Crippen molar-refractivity contribution in [1.82, 2.24) is 9.71 Å². The number of sulfonamides is 1. The van der Waals surface area contributed by atoms with Crippen LogP contribution in [0, 0.1) is 0 Å². The van der Waals surface area contributed by atoms with Gasteiger partial charge in [0.05, 0.1) is 28.0 Å². The van der Waals surface area contributed by atoms with Gasteiger partial charge in [-0.1, -0.05) is 43.2 Å². The summed E-state index contributed by atoms with van der Waals surface area (Å²) < 4.78 is 25.7. The molecule has 0 atom stereocenters. The van der Waals surface area contributed by atoms with Gasteiger partial charge in [-0.3, -0.25) is 19.3 Å². The number of hydrogen-bond acceptors (Lipinski definition) is 7. The first kappa shape index (κ1) is 26.1. The van der Waals surface area contributed by atoms with Crippen molar-refractivity contribution in [1.29, 1.82) is 0 Å². The number of carbonyl (C=O) groups excluding carboxylic acids is 3. The highest BCUT2D eigenvalue weighted by Gasteiger charge is 2.27. The molecule has 3 N–H and O–H groups in total. The first-order valence-electron chi connectivity index (χ1n) is 9.86. The Hall–Kier alpha value is -2.15. The number of carbonyl (C=O) groups is 3. The number of ketones is 1. The standard InChI is InChI=1S/C20H25BrN4O5S2/c1-3-4-5-10-16(26)13-8-6-7-9-15(13)25(18(28)11-17(22)27)20-24-14(19(21)31-20)12-23-32(2,29)30/h6-9,23H,3-5,10-12H2,1-2H3,(H2,22,27). The number of nitrogens with zero attached hydrogens (tertiary/aromatic N) is 2. The maximum atomic E-state index is 13.0. The van der Waals surface area contributed by atoms with Crippen LogP contribution in [0.1, 0.15) is 55.1 Å². The normalized spacial score (nSPS) is 11.3. The van der Waals surface area contributed by atoms with Gasteiger partial charge >= 0.3 is 0 Å². The van der Waals surface area contributed by atoms with Crippen LogP contribution in [0.2, 0.25) is 0 Å². The number of benzene rings is 1. The van der Waals surface area contributed by atoms with Crippen LogP contribution in [0.3, 0.4) is 0 Å². The second-order valence-corrected chi connectivity index (χ2v) is 11.2. The highest BCUT2D eigenvalue weighted by molar-refractivity contribution is 9.11. The molecule has 0 saturated heterocycles. The zero-order chi connectivity index (χ0) is 23.9. The van der Waals surface area contributed by atoms with Gasteiger partial charge in [-0.2, -0.15) is 0 Å². The zero-order valence-corrected chi connectivity index (χ0v) is 21.0. The van der Waals surface area contributed by atoms with Crippen LogP contribution in [-0.2, 0) is 26.2 Å². The van der Waals surface area contributed by atoms with E-state index < -0.39 is 28.3 Å². The molecule has 0 unspecified atom stereocenters. The number of primary amides is 1. The Morgan fingerprint density at radius 2 is 1.91 bits per heavy atom. The van der Waals surface area contributed by atoms with Gasteiger partial charge in [0, 0.05) is 12.0 Å². The molecule has 1 heterocycles. The Morgan fingerprint density at radius 1 is 1.22 bits per heavy atom. The second kappa shape index (κ2) is 11.6. The summed E-state index contributed by atoms with van der Waals surface area (Å²) in [5, 5.41) is 0.183. The summed E-state index contributed by atoms with van der Waals surface area (Å²) >= 11 is 4.42. The van der Waals surface area contributed by atoms with Crippen molar-refractivity contribution in [3.63, 3.8) is 0 Å². The van der Waals surface area contributed by atoms with E-state index in [1.165, 1.54) is 4.90 Å². The topological polar surface area (TPSA) is 140 Å². The minimum absolute atomic E-state index is 0.0919. The Labute approximate surface area is 199 Å². The lowest BCUT2D eigenvalue weighted by molar-refractivity contribution is -0.125. The number of unbranched alkanes of at least 4 members (excludes halogenated alkanes) is 2. The molecule has 0 aliphatic heterocycles. The number of hydrogen-bond donors (Lipinski definition) is 2. The van der Waals surface area contributed by atoms with Crippen molar-refractivity contribution in [3.8, 4) is 0 Å². The lowest BCUT2D eigenvalue weighted by Crippen LogP contribution is -2.31. The minimum atomic E-state index is -3.46. The molecule has 2 aromatic rings. The molecular formula is C20H25BrN4O5S2. The number of para-hydroxylation sites is 1. The number of halogens is 1. The molecule has 0 aliphatic carbocycles. The van der Waals surface area contributed by atoms with Crippen molar-refractivity contribution in [3.05, 3.63) is 39.3 Å². The van der Waals surface area contributed by atoms with Gasteiger partial charge < -0.3 is 5.73 Å². The number of anilines is 2. The molecule has 1 aromatic carbocycles. The summed E-state index contributed by atoms with van der Waals surface area (Å²) in [6.45, 7) is 1.95. The lowest BCUT2D eigenvalue weighted by atomic mass is 10.0. The highest BCUT2D eigenvalue weighted by atomic mass is 79.9. The number of thiazole rings is 1. The van der Waals surface area contributed by atoms with Crippen LogP contribution in [0.15, 0.2) is 28.1 Å². The van der Waals surface area contributed by atoms with Gasteiger partial charge in [0.15, 0.2) is 10.9 Å².